The van der Waals surface area contributed by atoms with Gasteiger partial charge in [0.25, 0.3) is 0 Å². The second-order valence-corrected chi connectivity index (χ2v) is 5.12. The van der Waals surface area contributed by atoms with Gasteiger partial charge in [-0.15, -0.1) is 0 Å². The summed E-state index contributed by atoms with van der Waals surface area (Å²) < 4.78 is 18.4. The quantitative estimate of drug-likeness (QED) is 0.863. The average Bonchev–Trinajstić information content (AvgIpc) is 2.50. The van der Waals surface area contributed by atoms with E-state index >= 15 is 0 Å². The van der Waals surface area contributed by atoms with Crippen LogP contribution in [0.15, 0.2) is 18.2 Å². The van der Waals surface area contributed by atoms with Crippen molar-refractivity contribution in [2.75, 3.05) is 32.8 Å². The molecule has 1 aliphatic rings. The van der Waals surface area contributed by atoms with Crippen LogP contribution in [0.3, 0.4) is 0 Å². The van der Waals surface area contributed by atoms with Crippen molar-refractivity contribution >= 4 is 5.91 Å². The van der Waals surface area contributed by atoms with Crippen LogP contribution in [0.25, 0.3) is 0 Å². The molecule has 5 nitrogen and oxygen atoms in total. The van der Waals surface area contributed by atoms with Crippen molar-refractivity contribution in [2.45, 2.75) is 19.4 Å². The number of hydrogen-bond donors (Lipinski definition) is 2. The molecule has 1 aliphatic heterocycles. The maximum absolute atomic E-state index is 13.2. The molecule has 0 spiro atoms. The molecule has 0 aliphatic carbocycles. The summed E-state index contributed by atoms with van der Waals surface area (Å²) in [6.45, 7) is 4.76. The van der Waals surface area contributed by atoms with Crippen LogP contribution in [-0.4, -0.2) is 48.8 Å². The molecule has 2 rings (SSSR count). The molecule has 1 unspecified atom stereocenters. The first kappa shape index (κ1) is 15.7. The number of nitrogens with zero attached hydrogens (tertiary/aromatic N) is 1. The molecule has 1 saturated heterocycles. The van der Waals surface area contributed by atoms with Crippen molar-refractivity contribution in [3.63, 3.8) is 0 Å². The van der Waals surface area contributed by atoms with E-state index in [1.54, 1.807) is 4.90 Å². The lowest BCUT2D eigenvalue weighted by Gasteiger charge is -2.27. The van der Waals surface area contributed by atoms with Crippen LogP contribution in [0.1, 0.15) is 24.9 Å². The summed E-state index contributed by atoms with van der Waals surface area (Å²) in [5.41, 5.74) is 0.494. The largest absolute Gasteiger partial charge is 0.508 e. The minimum Gasteiger partial charge on any atom is -0.508 e. The third-order valence-corrected chi connectivity index (χ3v) is 3.61. The van der Waals surface area contributed by atoms with Gasteiger partial charge in [0.05, 0.1) is 13.2 Å². The molecule has 0 saturated carbocycles. The lowest BCUT2D eigenvalue weighted by atomic mass is 10.1. The lowest BCUT2D eigenvalue weighted by molar-refractivity contribution is -0.135. The minimum atomic E-state index is -0.388. The molecular weight excluding hydrogens is 275 g/mol. The third kappa shape index (κ3) is 4.41. The number of carbonyl (C=O) groups is 1. The number of morpholine rings is 1. The van der Waals surface area contributed by atoms with Crippen LogP contribution in [0.2, 0.25) is 0 Å². The standard InChI is InChI=1S/C15H21FN2O3/c1-11(13-10-12(16)2-3-14(13)19)17-5-4-15(20)18-6-8-21-9-7-18/h2-3,10-11,17,19H,4-9H2,1H3. The highest BCUT2D eigenvalue weighted by atomic mass is 19.1. The molecule has 0 aromatic heterocycles. The van der Waals surface area contributed by atoms with Crippen molar-refractivity contribution in [2.24, 2.45) is 0 Å². The first-order valence-corrected chi connectivity index (χ1v) is 7.15. The SMILES string of the molecule is CC(NCCC(=O)N1CCOCC1)c1cc(F)ccc1O. The molecule has 1 aromatic rings. The smallest absolute Gasteiger partial charge is 0.224 e. The van der Waals surface area contributed by atoms with E-state index in [0.717, 1.165) is 0 Å². The number of halogens is 1. The maximum Gasteiger partial charge on any atom is 0.224 e. The number of phenols is 1. The normalized spacial score (nSPS) is 16.8. The maximum atomic E-state index is 13.2. The van der Waals surface area contributed by atoms with Crippen LogP contribution in [0, 0.1) is 5.82 Å². The molecule has 1 aromatic carbocycles. The van der Waals surface area contributed by atoms with Crippen LogP contribution in [-0.2, 0) is 9.53 Å². The molecule has 1 heterocycles. The number of carbonyl (C=O) groups excluding carboxylic acids is 1. The molecule has 6 heteroatoms. The monoisotopic (exact) mass is 296 g/mol. The van der Waals surface area contributed by atoms with Gasteiger partial charge in [-0.2, -0.15) is 0 Å². The zero-order chi connectivity index (χ0) is 15.2. The van der Waals surface area contributed by atoms with Crippen molar-refractivity contribution < 1.29 is 19.0 Å². The van der Waals surface area contributed by atoms with Gasteiger partial charge >= 0.3 is 0 Å². The van der Waals surface area contributed by atoms with Gasteiger partial charge in [-0.05, 0) is 25.1 Å². The molecule has 2 N–H and O–H groups in total. The number of ether oxygens (including phenoxy) is 1. The van der Waals surface area contributed by atoms with Gasteiger partial charge in [-0.25, -0.2) is 4.39 Å². The van der Waals surface area contributed by atoms with Crippen LogP contribution in [0.5, 0.6) is 5.75 Å². The number of phenolic OH excluding ortho intramolecular Hbond substituents is 1. The Kier molecular flexibility index (Phi) is 5.52. The number of rotatable bonds is 5. The Bertz CT molecular complexity index is 490. The number of amides is 1. The Morgan fingerprint density at radius 1 is 1.48 bits per heavy atom. The summed E-state index contributed by atoms with van der Waals surface area (Å²) in [4.78, 5) is 13.7. The zero-order valence-corrected chi connectivity index (χ0v) is 12.1. The molecule has 0 radical (unpaired) electrons. The molecule has 1 atom stereocenters. The zero-order valence-electron chi connectivity index (χ0n) is 12.1. The van der Waals surface area contributed by atoms with E-state index in [-0.39, 0.29) is 23.5 Å². The van der Waals surface area contributed by atoms with Gasteiger partial charge in [0, 0.05) is 37.7 Å². The summed E-state index contributed by atoms with van der Waals surface area (Å²) >= 11 is 0. The Morgan fingerprint density at radius 3 is 2.90 bits per heavy atom. The van der Waals surface area contributed by atoms with Gasteiger partial charge in [-0.3, -0.25) is 4.79 Å². The Balaban J connectivity index is 1.79. The molecular formula is C15H21FN2O3. The number of hydrogen-bond acceptors (Lipinski definition) is 4. The summed E-state index contributed by atoms with van der Waals surface area (Å²) in [6.07, 6.45) is 0.375. The predicted octanol–water partition coefficient (Wildman–Crippen LogP) is 1.43. The second-order valence-electron chi connectivity index (χ2n) is 5.12. The number of aromatic hydroxyl groups is 1. The van der Waals surface area contributed by atoms with E-state index in [1.165, 1.54) is 18.2 Å². The molecule has 0 bridgehead atoms. The van der Waals surface area contributed by atoms with Gasteiger partial charge in [-0.1, -0.05) is 0 Å². The van der Waals surface area contributed by atoms with Crippen molar-refractivity contribution in [3.05, 3.63) is 29.6 Å². The molecule has 116 valence electrons. The van der Waals surface area contributed by atoms with Gasteiger partial charge in [0.15, 0.2) is 0 Å². The van der Waals surface area contributed by atoms with E-state index < -0.39 is 0 Å². The van der Waals surface area contributed by atoms with Crippen molar-refractivity contribution in [1.29, 1.82) is 0 Å². The van der Waals surface area contributed by atoms with Gasteiger partial charge in [0.1, 0.15) is 11.6 Å². The number of benzene rings is 1. The first-order chi connectivity index (χ1) is 10.1. The average molecular weight is 296 g/mol. The lowest BCUT2D eigenvalue weighted by Crippen LogP contribution is -2.41. The van der Waals surface area contributed by atoms with Crippen molar-refractivity contribution in [1.82, 2.24) is 10.2 Å². The van der Waals surface area contributed by atoms with Crippen LogP contribution in [0.4, 0.5) is 4.39 Å². The van der Waals surface area contributed by atoms with Gasteiger partial charge in [0.2, 0.25) is 5.91 Å². The van der Waals surface area contributed by atoms with Crippen LogP contribution < -0.4 is 5.32 Å². The third-order valence-electron chi connectivity index (χ3n) is 3.61. The predicted molar refractivity (Wildman–Crippen MR) is 76.5 cm³/mol. The summed E-state index contributed by atoms with van der Waals surface area (Å²) in [5.74, 6) is -0.252. The fourth-order valence-electron chi connectivity index (χ4n) is 2.35. The van der Waals surface area contributed by atoms with Gasteiger partial charge < -0.3 is 20.1 Å². The molecule has 21 heavy (non-hydrogen) atoms. The molecule has 1 fully saturated rings. The van der Waals surface area contributed by atoms with Crippen LogP contribution >= 0.6 is 0 Å². The van der Waals surface area contributed by atoms with E-state index in [1.807, 2.05) is 6.92 Å². The second kappa shape index (κ2) is 7.38. The Morgan fingerprint density at radius 2 is 2.19 bits per heavy atom. The highest BCUT2D eigenvalue weighted by molar-refractivity contribution is 5.76. The number of nitrogens with one attached hydrogen (secondary N) is 1. The first-order valence-electron chi connectivity index (χ1n) is 7.15. The summed E-state index contributed by atoms with van der Waals surface area (Å²) in [5, 5.41) is 12.9. The fraction of sp³-hybridized carbons (Fsp3) is 0.533. The Labute approximate surface area is 123 Å². The van der Waals surface area contributed by atoms with Crippen molar-refractivity contribution in [3.8, 4) is 5.75 Å². The van der Waals surface area contributed by atoms with E-state index in [4.69, 9.17) is 4.74 Å². The highest BCUT2D eigenvalue weighted by Crippen LogP contribution is 2.24. The van der Waals surface area contributed by atoms with E-state index in [2.05, 4.69) is 5.32 Å². The minimum absolute atomic E-state index is 0.0518. The fourth-order valence-corrected chi connectivity index (χ4v) is 2.35. The highest BCUT2D eigenvalue weighted by Gasteiger charge is 2.17. The topological polar surface area (TPSA) is 61.8 Å². The van der Waals surface area contributed by atoms with E-state index in [9.17, 15) is 14.3 Å². The molecule has 1 amide bonds. The summed E-state index contributed by atoms with van der Waals surface area (Å²) in [7, 11) is 0. The Hall–Kier alpha value is -1.66. The van der Waals surface area contributed by atoms with E-state index in [0.29, 0.717) is 44.8 Å². The summed E-state index contributed by atoms with van der Waals surface area (Å²) in [6, 6.07) is 3.63.